The van der Waals surface area contributed by atoms with Gasteiger partial charge in [-0.25, -0.2) is 14.7 Å². The van der Waals surface area contributed by atoms with Gasteiger partial charge in [0, 0.05) is 14.1 Å². The van der Waals surface area contributed by atoms with Crippen LogP contribution in [0.15, 0.2) is 76.8 Å². The molecule has 146 valence electrons. The Morgan fingerprint density at radius 1 is 0.966 bits per heavy atom. The summed E-state index contributed by atoms with van der Waals surface area (Å²) >= 11 is 0. The van der Waals surface area contributed by atoms with Crippen molar-refractivity contribution in [2.75, 3.05) is 14.1 Å². The molecule has 0 saturated heterocycles. The highest BCUT2D eigenvalue weighted by Crippen LogP contribution is 2.23. The quantitative estimate of drug-likeness (QED) is 0.377. The molecule has 29 heavy (non-hydrogen) atoms. The second-order valence-electron chi connectivity index (χ2n) is 7.04. The van der Waals surface area contributed by atoms with Crippen LogP contribution >= 0.6 is 0 Å². The maximum atomic E-state index is 13.2. The second-order valence-corrected chi connectivity index (χ2v) is 7.04. The van der Waals surface area contributed by atoms with Crippen LogP contribution in [0.4, 0.5) is 5.82 Å². The van der Waals surface area contributed by atoms with Gasteiger partial charge < -0.3 is 4.90 Å². The fraction of sp³-hybridized carbons (Fsp3) is 0.182. The lowest BCUT2D eigenvalue weighted by Gasteiger charge is -2.07. The number of aromatic nitrogens is 4. The van der Waals surface area contributed by atoms with Crippen molar-refractivity contribution in [2.24, 2.45) is 4.99 Å². The number of benzene rings is 2. The first-order valence-corrected chi connectivity index (χ1v) is 9.36. The molecule has 7 heteroatoms. The molecule has 2 heterocycles. The summed E-state index contributed by atoms with van der Waals surface area (Å²) in [6, 6.07) is 19.8. The summed E-state index contributed by atoms with van der Waals surface area (Å²) in [6.07, 6.45) is 3.23. The fourth-order valence-corrected chi connectivity index (χ4v) is 3.10. The molecule has 0 aliphatic rings. The number of nitrogens with zero attached hydrogens (tertiary/aromatic N) is 6. The summed E-state index contributed by atoms with van der Waals surface area (Å²) in [7, 11) is 3.77. The average Bonchev–Trinajstić information content (AvgIpc) is 3.08. The first kappa shape index (κ1) is 18.6. The van der Waals surface area contributed by atoms with Gasteiger partial charge in [0.15, 0.2) is 11.5 Å². The molecular weight excluding hydrogens is 364 g/mol. The van der Waals surface area contributed by atoms with E-state index in [0.717, 1.165) is 11.1 Å². The van der Waals surface area contributed by atoms with E-state index in [9.17, 15) is 4.79 Å². The van der Waals surface area contributed by atoms with Crippen LogP contribution in [0.25, 0.3) is 11.0 Å². The lowest BCUT2D eigenvalue weighted by Crippen LogP contribution is -2.20. The van der Waals surface area contributed by atoms with Gasteiger partial charge in [0.1, 0.15) is 11.7 Å². The Labute approximate surface area is 168 Å². The molecule has 0 saturated carbocycles. The molecule has 0 fully saturated rings. The summed E-state index contributed by atoms with van der Waals surface area (Å²) in [5, 5.41) is 4.98. The van der Waals surface area contributed by atoms with Crippen molar-refractivity contribution in [3.63, 3.8) is 0 Å². The van der Waals surface area contributed by atoms with Gasteiger partial charge in [-0.3, -0.25) is 9.36 Å². The molecule has 0 amide bonds. The molecule has 0 radical (unpaired) electrons. The summed E-state index contributed by atoms with van der Waals surface area (Å²) in [5.74, 6) is 0.512. The van der Waals surface area contributed by atoms with E-state index in [0.29, 0.717) is 29.9 Å². The second kappa shape index (κ2) is 8.10. The third-order valence-corrected chi connectivity index (χ3v) is 4.48. The smallest absolute Gasteiger partial charge is 0.267 e. The molecule has 0 bridgehead atoms. The Bertz CT molecular complexity index is 1190. The third kappa shape index (κ3) is 4.08. The first-order chi connectivity index (χ1) is 14.1. The van der Waals surface area contributed by atoms with Gasteiger partial charge in [-0.05, 0) is 11.1 Å². The van der Waals surface area contributed by atoms with Crippen LogP contribution in [0, 0.1) is 0 Å². The highest BCUT2D eigenvalue weighted by molar-refractivity contribution is 5.86. The van der Waals surface area contributed by atoms with Crippen molar-refractivity contribution in [1.82, 2.24) is 24.2 Å². The van der Waals surface area contributed by atoms with Crippen molar-refractivity contribution < 1.29 is 0 Å². The van der Waals surface area contributed by atoms with Crippen LogP contribution in [0.3, 0.4) is 0 Å². The van der Waals surface area contributed by atoms with Crippen LogP contribution in [-0.4, -0.2) is 44.7 Å². The molecule has 2 aromatic heterocycles. The van der Waals surface area contributed by atoms with Crippen molar-refractivity contribution in [2.45, 2.75) is 13.1 Å². The van der Waals surface area contributed by atoms with Crippen LogP contribution in [0.1, 0.15) is 11.1 Å². The molecular formula is C22H22N6O. The van der Waals surface area contributed by atoms with Gasteiger partial charge in [-0.15, -0.1) is 5.10 Å². The molecule has 0 aliphatic carbocycles. The average molecular weight is 386 g/mol. The molecule has 7 nitrogen and oxygen atoms in total. The monoisotopic (exact) mass is 386 g/mol. The van der Waals surface area contributed by atoms with Gasteiger partial charge in [-0.1, -0.05) is 60.7 Å². The predicted molar refractivity (Wildman–Crippen MR) is 115 cm³/mol. The molecule has 0 N–H and O–H groups in total. The van der Waals surface area contributed by atoms with Crippen molar-refractivity contribution in [1.29, 1.82) is 0 Å². The molecule has 2 aromatic carbocycles. The third-order valence-electron chi connectivity index (χ3n) is 4.48. The Hall–Kier alpha value is -3.74. The van der Waals surface area contributed by atoms with Gasteiger partial charge >= 0.3 is 0 Å². The highest BCUT2D eigenvalue weighted by Gasteiger charge is 2.17. The van der Waals surface area contributed by atoms with E-state index in [-0.39, 0.29) is 5.56 Å². The number of aliphatic imine (C=N–C) groups is 1. The number of hydrogen-bond acceptors (Lipinski definition) is 4. The Kier molecular flexibility index (Phi) is 5.20. The van der Waals surface area contributed by atoms with E-state index < -0.39 is 0 Å². The van der Waals surface area contributed by atoms with Crippen molar-refractivity contribution >= 4 is 23.2 Å². The van der Waals surface area contributed by atoms with Gasteiger partial charge in [0.05, 0.1) is 19.4 Å². The van der Waals surface area contributed by atoms with Crippen LogP contribution in [0.2, 0.25) is 0 Å². The topological polar surface area (TPSA) is 68.3 Å². The summed E-state index contributed by atoms with van der Waals surface area (Å²) < 4.78 is 3.34. The number of fused-ring (bicyclic) bond motifs is 1. The minimum absolute atomic E-state index is 0.149. The van der Waals surface area contributed by atoms with E-state index in [2.05, 4.69) is 15.1 Å². The van der Waals surface area contributed by atoms with E-state index >= 15 is 0 Å². The maximum Gasteiger partial charge on any atom is 0.267 e. The summed E-state index contributed by atoms with van der Waals surface area (Å²) in [4.78, 5) is 24.0. The maximum absolute atomic E-state index is 13.2. The predicted octanol–water partition coefficient (Wildman–Crippen LogP) is 2.91. The first-order valence-electron chi connectivity index (χ1n) is 9.36. The zero-order chi connectivity index (χ0) is 20.2. The molecule has 0 atom stereocenters. The zero-order valence-corrected chi connectivity index (χ0v) is 16.4. The summed E-state index contributed by atoms with van der Waals surface area (Å²) in [5.41, 5.74) is 2.36. The van der Waals surface area contributed by atoms with Crippen molar-refractivity contribution in [3.8, 4) is 0 Å². The largest absolute Gasteiger partial charge is 0.369 e. The Morgan fingerprint density at radius 2 is 1.59 bits per heavy atom. The van der Waals surface area contributed by atoms with Crippen molar-refractivity contribution in [3.05, 3.63) is 88.5 Å². The molecule has 0 aliphatic heterocycles. The van der Waals surface area contributed by atoms with Crippen LogP contribution in [0.5, 0.6) is 0 Å². The van der Waals surface area contributed by atoms with Gasteiger partial charge in [0.2, 0.25) is 0 Å². The standard InChI is InChI=1S/C22H22N6O/c1-26(2)15-24-21-19-20(25-28(21)14-18-11-7-4-8-12-18)23-16-27(22(19)29)13-17-9-5-3-6-10-17/h3-12,15-16H,13-14H2,1-2H3/b24-15+. The number of hydrogen-bond donors (Lipinski definition) is 0. The van der Waals surface area contributed by atoms with E-state index in [1.54, 1.807) is 21.9 Å². The minimum atomic E-state index is -0.149. The van der Waals surface area contributed by atoms with Crippen LogP contribution < -0.4 is 5.56 Å². The fourth-order valence-electron chi connectivity index (χ4n) is 3.10. The molecule has 4 aromatic rings. The highest BCUT2D eigenvalue weighted by atomic mass is 16.1. The Balaban J connectivity index is 1.82. The van der Waals surface area contributed by atoms with Gasteiger partial charge in [-0.2, -0.15) is 0 Å². The van der Waals surface area contributed by atoms with Crippen LogP contribution in [-0.2, 0) is 13.1 Å². The summed E-state index contributed by atoms with van der Waals surface area (Å²) in [6.45, 7) is 0.957. The molecule has 0 unspecified atom stereocenters. The molecule has 4 rings (SSSR count). The van der Waals surface area contributed by atoms with E-state index in [4.69, 9.17) is 0 Å². The lowest BCUT2D eigenvalue weighted by molar-refractivity contribution is 0.639. The van der Waals surface area contributed by atoms with E-state index in [1.807, 2.05) is 79.7 Å². The number of rotatable bonds is 6. The Morgan fingerprint density at radius 3 is 2.21 bits per heavy atom. The van der Waals surface area contributed by atoms with Gasteiger partial charge in [0.25, 0.3) is 5.56 Å². The lowest BCUT2D eigenvalue weighted by atomic mass is 10.2. The zero-order valence-electron chi connectivity index (χ0n) is 16.4. The molecule has 0 spiro atoms. The van der Waals surface area contributed by atoms with E-state index in [1.165, 1.54) is 0 Å². The SMILES string of the molecule is CN(C)/C=N/c1c2c(=O)n(Cc3ccccc3)cnc2nn1Cc1ccccc1. The normalized spacial score (nSPS) is 11.4. The minimum Gasteiger partial charge on any atom is -0.369 e.